The molecular formula is C18H34O5. The van der Waals surface area contributed by atoms with Crippen molar-refractivity contribution in [3.8, 4) is 0 Å². The molecule has 0 saturated carbocycles. The van der Waals surface area contributed by atoms with E-state index < -0.39 is 24.4 Å². The monoisotopic (exact) mass is 330 g/mol. The zero-order valence-corrected chi connectivity index (χ0v) is 14.4. The highest BCUT2D eigenvalue weighted by molar-refractivity contribution is 4.87. The number of hydrogen-bond donors (Lipinski definition) is 3. The molecule has 0 unspecified atom stereocenters. The number of rotatable bonds is 12. The van der Waals surface area contributed by atoms with E-state index in [-0.39, 0.29) is 13.2 Å². The lowest BCUT2D eigenvalue weighted by Crippen LogP contribution is -2.55. The highest BCUT2D eigenvalue weighted by Crippen LogP contribution is 2.18. The molecule has 0 radical (unpaired) electrons. The highest BCUT2D eigenvalue weighted by atomic mass is 16.6. The second-order valence-electron chi connectivity index (χ2n) is 6.26. The lowest BCUT2D eigenvalue weighted by atomic mass is 10.0. The molecule has 3 N–H and O–H groups in total. The van der Waals surface area contributed by atoms with Crippen LogP contribution in [0, 0.1) is 0 Å². The average Bonchev–Trinajstić information content (AvgIpc) is 2.56. The average molecular weight is 330 g/mol. The largest absolute Gasteiger partial charge is 0.394 e. The molecule has 0 amide bonds. The fourth-order valence-corrected chi connectivity index (χ4v) is 2.69. The quantitative estimate of drug-likeness (QED) is 0.377. The van der Waals surface area contributed by atoms with E-state index in [1.807, 2.05) is 0 Å². The van der Waals surface area contributed by atoms with Crippen molar-refractivity contribution in [3.05, 3.63) is 12.2 Å². The van der Waals surface area contributed by atoms with Gasteiger partial charge in [-0.05, 0) is 25.7 Å². The predicted octanol–water partition coefficient (Wildman–Crippen LogP) is 2.18. The first-order chi connectivity index (χ1) is 11.2. The lowest BCUT2D eigenvalue weighted by Gasteiger charge is -2.36. The molecule has 0 aliphatic carbocycles. The number of allylic oxidation sites excluding steroid dienone is 2. The first-order valence-corrected chi connectivity index (χ1v) is 9.05. The second-order valence-corrected chi connectivity index (χ2v) is 6.26. The summed E-state index contributed by atoms with van der Waals surface area (Å²) in [6.07, 6.45) is 10.6. The van der Waals surface area contributed by atoms with Crippen molar-refractivity contribution in [1.29, 1.82) is 0 Å². The molecule has 0 aromatic rings. The lowest BCUT2D eigenvalue weighted by molar-refractivity contribution is -0.208. The number of unbranched alkanes of at least 4 members (excludes halogenated alkanes) is 6. The van der Waals surface area contributed by atoms with Crippen LogP contribution in [0.2, 0.25) is 0 Å². The molecule has 0 aromatic carbocycles. The number of ether oxygens (including phenoxy) is 2. The van der Waals surface area contributed by atoms with Crippen LogP contribution in [0.3, 0.4) is 0 Å². The van der Waals surface area contributed by atoms with Gasteiger partial charge in [0, 0.05) is 6.61 Å². The Hall–Kier alpha value is -0.460. The minimum absolute atomic E-state index is 0.216. The molecule has 0 bridgehead atoms. The van der Waals surface area contributed by atoms with Crippen LogP contribution >= 0.6 is 0 Å². The Labute approximate surface area is 140 Å². The van der Waals surface area contributed by atoms with Crippen LogP contribution in [0.1, 0.15) is 58.3 Å². The van der Waals surface area contributed by atoms with Crippen LogP contribution in [-0.4, -0.2) is 59.6 Å². The van der Waals surface area contributed by atoms with E-state index in [1.54, 1.807) is 0 Å². The fraction of sp³-hybridized carbons (Fsp3) is 0.889. The third-order valence-corrected chi connectivity index (χ3v) is 4.24. The second kappa shape index (κ2) is 12.9. The van der Waals surface area contributed by atoms with Gasteiger partial charge in [-0.3, -0.25) is 0 Å². The molecule has 0 spiro atoms. The zero-order valence-electron chi connectivity index (χ0n) is 14.4. The van der Waals surface area contributed by atoms with Crippen LogP contribution in [0.25, 0.3) is 0 Å². The summed E-state index contributed by atoms with van der Waals surface area (Å²) in [4.78, 5) is 0. The standard InChI is InChI=1S/C18H34O5/c1-2-3-4-5-6-7-8-9-10-11-12-22-16-14-23-15(13-19)17(20)18(16)21/h4-5,15-21H,2-3,6-14H2,1H3/b5-4+/t15-,16+,17-,18-/m1/s1. The van der Waals surface area contributed by atoms with Crippen LogP contribution in [-0.2, 0) is 9.47 Å². The van der Waals surface area contributed by atoms with E-state index in [0.29, 0.717) is 6.61 Å². The molecule has 4 atom stereocenters. The molecule has 23 heavy (non-hydrogen) atoms. The molecule has 1 fully saturated rings. The highest BCUT2D eigenvalue weighted by Gasteiger charge is 2.38. The van der Waals surface area contributed by atoms with Crippen molar-refractivity contribution in [2.24, 2.45) is 0 Å². The maximum atomic E-state index is 9.93. The van der Waals surface area contributed by atoms with Gasteiger partial charge in [0.15, 0.2) is 0 Å². The molecule has 1 rings (SSSR count). The Bertz CT molecular complexity index is 308. The number of aliphatic hydroxyl groups is 3. The fourth-order valence-electron chi connectivity index (χ4n) is 2.69. The van der Waals surface area contributed by atoms with E-state index in [1.165, 1.54) is 38.5 Å². The summed E-state index contributed by atoms with van der Waals surface area (Å²) in [5, 5.41) is 28.7. The minimum atomic E-state index is -1.08. The summed E-state index contributed by atoms with van der Waals surface area (Å²) < 4.78 is 10.9. The van der Waals surface area contributed by atoms with Gasteiger partial charge in [0.1, 0.15) is 24.4 Å². The minimum Gasteiger partial charge on any atom is -0.394 e. The van der Waals surface area contributed by atoms with Crippen LogP contribution in [0.4, 0.5) is 0 Å². The SMILES string of the molecule is CCC/C=C/CCCCCCCO[C@H]1CO[C@H](CO)[C@@H](O)[C@@H]1O. The van der Waals surface area contributed by atoms with Gasteiger partial charge in [0.25, 0.3) is 0 Å². The molecular weight excluding hydrogens is 296 g/mol. The topological polar surface area (TPSA) is 79.2 Å². The van der Waals surface area contributed by atoms with Gasteiger partial charge in [0.2, 0.25) is 0 Å². The molecule has 0 aromatic heterocycles. The molecule has 1 heterocycles. The van der Waals surface area contributed by atoms with Crippen molar-refractivity contribution in [2.75, 3.05) is 19.8 Å². The van der Waals surface area contributed by atoms with Gasteiger partial charge < -0.3 is 24.8 Å². The number of hydrogen-bond acceptors (Lipinski definition) is 5. The van der Waals surface area contributed by atoms with Gasteiger partial charge in [-0.1, -0.05) is 44.8 Å². The van der Waals surface area contributed by atoms with Crippen molar-refractivity contribution in [3.63, 3.8) is 0 Å². The van der Waals surface area contributed by atoms with E-state index >= 15 is 0 Å². The van der Waals surface area contributed by atoms with E-state index in [2.05, 4.69) is 19.1 Å². The summed E-state index contributed by atoms with van der Waals surface area (Å²) in [5.74, 6) is 0. The van der Waals surface area contributed by atoms with Gasteiger partial charge in [0.05, 0.1) is 13.2 Å². The first-order valence-electron chi connectivity index (χ1n) is 9.05. The molecule has 5 nitrogen and oxygen atoms in total. The Morgan fingerprint density at radius 3 is 2.43 bits per heavy atom. The third kappa shape index (κ3) is 8.27. The molecule has 136 valence electrons. The summed E-state index contributed by atoms with van der Waals surface area (Å²) >= 11 is 0. The smallest absolute Gasteiger partial charge is 0.111 e. The van der Waals surface area contributed by atoms with Gasteiger partial charge >= 0.3 is 0 Å². The van der Waals surface area contributed by atoms with E-state index in [4.69, 9.17) is 14.6 Å². The Kier molecular flexibility index (Phi) is 11.5. The molecule has 1 saturated heterocycles. The normalized spacial score (nSPS) is 28.5. The van der Waals surface area contributed by atoms with Crippen LogP contribution in [0.5, 0.6) is 0 Å². The van der Waals surface area contributed by atoms with Gasteiger partial charge in [-0.2, -0.15) is 0 Å². The zero-order chi connectivity index (χ0) is 16.9. The van der Waals surface area contributed by atoms with E-state index in [9.17, 15) is 10.2 Å². The predicted molar refractivity (Wildman–Crippen MR) is 90.3 cm³/mol. The van der Waals surface area contributed by atoms with E-state index in [0.717, 1.165) is 12.8 Å². The molecule has 1 aliphatic heterocycles. The molecule has 1 aliphatic rings. The van der Waals surface area contributed by atoms with Crippen molar-refractivity contribution >= 4 is 0 Å². The van der Waals surface area contributed by atoms with Gasteiger partial charge in [-0.25, -0.2) is 0 Å². The Morgan fingerprint density at radius 2 is 1.70 bits per heavy atom. The van der Waals surface area contributed by atoms with Crippen molar-refractivity contribution in [2.45, 2.75) is 82.7 Å². The van der Waals surface area contributed by atoms with Crippen molar-refractivity contribution < 1.29 is 24.8 Å². The van der Waals surface area contributed by atoms with Crippen LogP contribution < -0.4 is 0 Å². The Morgan fingerprint density at radius 1 is 1.00 bits per heavy atom. The van der Waals surface area contributed by atoms with Crippen LogP contribution in [0.15, 0.2) is 12.2 Å². The third-order valence-electron chi connectivity index (χ3n) is 4.24. The number of aliphatic hydroxyl groups excluding tert-OH is 3. The summed E-state index contributed by atoms with van der Waals surface area (Å²) in [6, 6.07) is 0. The summed E-state index contributed by atoms with van der Waals surface area (Å²) in [6.45, 7) is 2.68. The Balaban J connectivity index is 1.97. The first kappa shape index (κ1) is 20.6. The summed E-state index contributed by atoms with van der Waals surface area (Å²) in [7, 11) is 0. The maximum absolute atomic E-state index is 9.93. The molecule has 5 heteroatoms. The summed E-state index contributed by atoms with van der Waals surface area (Å²) in [5.41, 5.74) is 0. The maximum Gasteiger partial charge on any atom is 0.111 e. The van der Waals surface area contributed by atoms with Gasteiger partial charge in [-0.15, -0.1) is 0 Å². The van der Waals surface area contributed by atoms with Crippen molar-refractivity contribution in [1.82, 2.24) is 0 Å².